The first-order valence-electron chi connectivity index (χ1n) is 25.6. The third-order valence-corrected chi connectivity index (χ3v) is 16.2. The fraction of sp³-hybridized carbons (Fsp3) is 0.0141. The predicted octanol–water partition coefficient (Wildman–Crippen LogP) is 19.0. The first kappa shape index (κ1) is 41.0. The van der Waals surface area contributed by atoms with E-state index in [0.29, 0.717) is 0 Å². The molecule has 2 aliphatic carbocycles. The highest BCUT2D eigenvalue weighted by Gasteiger charge is 2.51. The molecular weight excluding hydrogens is 897 g/mol. The Morgan fingerprint density at radius 2 is 0.878 bits per heavy atom. The van der Waals surface area contributed by atoms with Crippen molar-refractivity contribution in [3.63, 3.8) is 0 Å². The van der Waals surface area contributed by atoms with Crippen LogP contribution in [0.1, 0.15) is 22.3 Å². The van der Waals surface area contributed by atoms with E-state index in [-0.39, 0.29) is 0 Å². The number of aromatic nitrogens is 1. The number of rotatable bonds is 6. The summed E-state index contributed by atoms with van der Waals surface area (Å²) in [6, 6.07) is 98.4. The molecule has 2 aliphatic rings. The molecule has 0 fully saturated rings. The predicted molar refractivity (Wildman–Crippen MR) is 307 cm³/mol. The van der Waals surface area contributed by atoms with Crippen molar-refractivity contribution >= 4 is 71.6 Å². The molecule has 0 saturated carbocycles. The number of furan rings is 1. The van der Waals surface area contributed by atoms with E-state index >= 15 is 0 Å². The number of fused-ring (bicyclic) bond motifs is 18. The lowest BCUT2D eigenvalue weighted by Gasteiger charge is -2.32. The van der Waals surface area contributed by atoms with Crippen LogP contribution in [0.4, 0.5) is 17.1 Å². The van der Waals surface area contributed by atoms with E-state index in [9.17, 15) is 0 Å². The largest absolute Gasteiger partial charge is 0.455 e. The smallest absolute Gasteiger partial charge is 0.143 e. The summed E-state index contributed by atoms with van der Waals surface area (Å²) in [4.78, 5) is 2.47. The van der Waals surface area contributed by atoms with Crippen molar-refractivity contribution in [1.29, 1.82) is 0 Å². The average molecular weight is 941 g/mol. The Morgan fingerprint density at radius 3 is 1.58 bits per heavy atom. The lowest BCUT2D eigenvalue weighted by Crippen LogP contribution is -2.26. The van der Waals surface area contributed by atoms with Crippen molar-refractivity contribution in [2.75, 3.05) is 4.90 Å². The summed E-state index contributed by atoms with van der Waals surface area (Å²) in [7, 11) is 0. The van der Waals surface area contributed by atoms with Crippen molar-refractivity contribution in [2.24, 2.45) is 0 Å². The highest BCUT2D eigenvalue weighted by atomic mass is 16.3. The molecule has 3 nitrogen and oxygen atoms in total. The van der Waals surface area contributed by atoms with Crippen LogP contribution in [-0.4, -0.2) is 4.57 Å². The maximum atomic E-state index is 6.80. The standard InChI is InChI=1S/C71H44N2O/c1-2-20-53-46(16-1)34-40-61-60-39-35-48(43-69(60)74-70(53)61)52-19-6-12-29-66(52)72(49-36-32-45(33-37-49)47-17-15-18-50(42-47)73-67-30-13-7-24-58(67)59-25-8-14-31-68(59)73)51-38-41-57-56-23-5-11-28-64(56)71(65(57)44-51)62-26-9-3-21-54(62)55-22-4-10-27-63(55)71/h1-44H. The van der Waals surface area contributed by atoms with Gasteiger partial charge in [-0.15, -0.1) is 0 Å². The topological polar surface area (TPSA) is 21.3 Å². The molecular formula is C71H44N2O. The Labute approximate surface area is 428 Å². The van der Waals surface area contributed by atoms with Gasteiger partial charge in [-0.2, -0.15) is 0 Å². The summed E-state index contributed by atoms with van der Waals surface area (Å²) in [6.07, 6.45) is 0. The normalized spacial score (nSPS) is 13.0. The van der Waals surface area contributed by atoms with Gasteiger partial charge in [0.15, 0.2) is 0 Å². The second-order valence-electron chi connectivity index (χ2n) is 19.9. The van der Waals surface area contributed by atoms with E-state index in [1.807, 2.05) is 0 Å². The van der Waals surface area contributed by atoms with Crippen LogP contribution in [0.15, 0.2) is 271 Å². The van der Waals surface area contributed by atoms with Gasteiger partial charge in [-0.25, -0.2) is 0 Å². The summed E-state index contributed by atoms with van der Waals surface area (Å²) in [5.41, 5.74) is 23.0. The number of nitrogens with zero attached hydrogens (tertiary/aromatic N) is 2. The summed E-state index contributed by atoms with van der Waals surface area (Å²) in [5.74, 6) is 0. The minimum absolute atomic E-state index is 0.484. The Morgan fingerprint density at radius 1 is 0.324 bits per heavy atom. The first-order valence-corrected chi connectivity index (χ1v) is 25.6. The molecule has 0 bridgehead atoms. The summed E-state index contributed by atoms with van der Waals surface area (Å²) < 4.78 is 9.20. The Balaban J connectivity index is 0.886. The van der Waals surface area contributed by atoms with Gasteiger partial charge in [0.05, 0.1) is 22.1 Å². The minimum Gasteiger partial charge on any atom is -0.455 e. The van der Waals surface area contributed by atoms with Crippen molar-refractivity contribution < 1.29 is 4.42 Å². The van der Waals surface area contributed by atoms with Crippen LogP contribution in [0.3, 0.4) is 0 Å². The number of para-hydroxylation sites is 3. The maximum absolute atomic E-state index is 6.80. The molecule has 16 rings (SSSR count). The average Bonchev–Trinajstić information content (AvgIpc) is 4.19. The maximum Gasteiger partial charge on any atom is 0.143 e. The van der Waals surface area contributed by atoms with Crippen molar-refractivity contribution in [1.82, 2.24) is 4.57 Å². The summed E-state index contributed by atoms with van der Waals surface area (Å²) >= 11 is 0. The highest BCUT2D eigenvalue weighted by molar-refractivity contribution is 6.16. The minimum atomic E-state index is -0.484. The van der Waals surface area contributed by atoms with Crippen molar-refractivity contribution in [2.45, 2.75) is 5.41 Å². The number of hydrogen-bond acceptors (Lipinski definition) is 2. The molecule has 0 N–H and O–H groups in total. The molecule has 14 aromatic rings. The fourth-order valence-electron chi connectivity index (χ4n) is 13.1. The Kier molecular flexibility index (Phi) is 8.66. The molecule has 74 heavy (non-hydrogen) atoms. The third kappa shape index (κ3) is 5.72. The molecule has 0 saturated heterocycles. The molecule has 3 heteroatoms. The van der Waals surface area contributed by atoms with Gasteiger partial charge in [0.1, 0.15) is 11.2 Å². The molecule has 2 aromatic heterocycles. The van der Waals surface area contributed by atoms with E-state index in [4.69, 9.17) is 4.42 Å². The molecule has 0 aliphatic heterocycles. The van der Waals surface area contributed by atoms with E-state index < -0.39 is 5.41 Å². The van der Waals surface area contributed by atoms with Crippen LogP contribution >= 0.6 is 0 Å². The van der Waals surface area contributed by atoms with Gasteiger partial charge >= 0.3 is 0 Å². The van der Waals surface area contributed by atoms with Crippen LogP contribution < -0.4 is 4.90 Å². The zero-order valence-corrected chi connectivity index (χ0v) is 40.2. The monoisotopic (exact) mass is 940 g/mol. The van der Waals surface area contributed by atoms with Crippen LogP contribution in [0.5, 0.6) is 0 Å². The SMILES string of the molecule is c1cc(-c2ccc(N(c3ccc4c(c3)C3(c5ccccc5-c5ccccc53)c3ccccc3-4)c3ccccc3-c3ccc4c(c3)oc3c5ccccc5ccc43)cc2)cc(-n2c3ccccc3c3ccccc32)c1. The number of anilines is 3. The Hall–Kier alpha value is -9.70. The van der Waals surface area contributed by atoms with Crippen LogP contribution in [0.25, 0.3) is 105 Å². The molecule has 344 valence electrons. The van der Waals surface area contributed by atoms with Gasteiger partial charge in [0.25, 0.3) is 0 Å². The van der Waals surface area contributed by atoms with Crippen molar-refractivity contribution in [3.05, 3.63) is 289 Å². The van der Waals surface area contributed by atoms with E-state index in [1.165, 1.54) is 71.7 Å². The molecule has 12 aromatic carbocycles. The number of hydrogen-bond donors (Lipinski definition) is 0. The summed E-state index contributed by atoms with van der Waals surface area (Å²) in [5, 5.41) is 7.05. The van der Waals surface area contributed by atoms with Crippen LogP contribution in [0.2, 0.25) is 0 Å². The van der Waals surface area contributed by atoms with Gasteiger partial charge < -0.3 is 13.9 Å². The van der Waals surface area contributed by atoms with Gasteiger partial charge in [0, 0.05) is 49.6 Å². The van der Waals surface area contributed by atoms with Gasteiger partial charge in [0.2, 0.25) is 0 Å². The molecule has 1 spiro atoms. The first-order chi connectivity index (χ1) is 36.7. The van der Waals surface area contributed by atoms with Crippen LogP contribution in [-0.2, 0) is 5.41 Å². The molecule has 0 unspecified atom stereocenters. The molecule has 0 atom stereocenters. The van der Waals surface area contributed by atoms with E-state index in [0.717, 1.165) is 72.3 Å². The lowest BCUT2D eigenvalue weighted by atomic mass is 9.70. The lowest BCUT2D eigenvalue weighted by molar-refractivity contribution is 0.673. The highest BCUT2D eigenvalue weighted by Crippen LogP contribution is 2.63. The zero-order valence-electron chi connectivity index (χ0n) is 40.2. The molecule has 2 heterocycles. The summed E-state index contributed by atoms with van der Waals surface area (Å²) in [6.45, 7) is 0. The van der Waals surface area contributed by atoms with Gasteiger partial charge in [-0.1, -0.05) is 194 Å². The Bertz CT molecular complexity index is 4510. The van der Waals surface area contributed by atoms with Crippen molar-refractivity contribution in [3.8, 4) is 50.2 Å². The van der Waals surface area contributed by atoms with Crippen LogP contribution in [0, 0.1) is 0 Å². The molecule has 0 amide bonds. The quantitative estimate of drug-likeness (QED) is 0.166. The second kappa shape index (κ2) is 15.6. The third-order valence-electron chi connectivity index (χ3n) is 16.2. The number of benzene rings is 12. The molecule has 0 radical (unpaired) electrons. The van der Waals surface area contributed by atoms with E-state index in [1.54, 1.807) is 0 Å². The van der Waals surface area contributed by atoms with Gasteiger partial charge in [-0.3, -0.25) is 0 Å². The van der Waals surface area contributed by atoms with E-state index in [2.05, 4.69) is 276 Å². The zero-order chi connectivity index (χ0) is 48.5. The van der Waals surface area contributed by atoms with Gasteiger partial charge in [-0.05, 0) is 139 Å². The fourth-order valence-corrected chi connectivity index (χ4v) is 13.1. The second-order valence-corrected chi connectivity index (χ2v) is 19.9.